The molecule has 0 radical (unpaired) electrons. The molecule has 9 aromatic rings. The summed E-state index contributed by atoms with van der Waals surface area (Å²) in [6.07, 6.45) is 1.82. The summed E-state index contributed by atoms with van der Waals surface area (Å²) in [5.41, 5.74) is 7.41. The van der Waals surface area contributed by atoms with E-state index in [9.17, 15) is 0 Å². The average Bonchev–Trinajstić information content (AvgIpc) is 3.20. The minimum Gasteiger partial charge on any atom is -0.342 e. The standard InChI is InChI=1S/C46H31N5/c1-46(35-16-3-2-4-17-35)50-44(49-45(51-46)34-22-25-40-31(27-34)15-10-26-47-40)33-14-9-13-32(28-33)41-38-23-20-29-11-5-7-18-36(29)42(38)48-43-37-19-8-6-12-30(37)21-24-39(41)43/h2-28H,1H3,(H,49,50,51). The molecule has 0 bridgehead atoms. The molecule has 7 aromatic carbocycles. The summed E-state index contributed by atoms with van der Waals surface area (Å²) < 4.78 is 0. The highest BCUT2D eigenvalue weighted by Crippen LogP contribution is 2.40. The van der Waals surface area contributed by atoms with Crippen LogP contribution in [0.4, 0.5) is 0 Å². The van der Waals surface area contributed by atoms with Crippen LogP contribution in [0.5, 0.6) is 0 Å². The summed E-state index contributed by atoms with van der Waals surface area (Å²) >= 11 is 0. The molecule has 5 nitrogen and oxygen atoms in total. The molecule has 0 amide bonds. The van der Waals surface area contributed by atoms with Crippen LogP contribution in [0.25, 0.3) is 65.4 Å². The highest BCUT2D eigenvalue weighted by molar-refractivity contribution is 6.21. The van der Waals surface area contributed by atoms with Crippen LogP contribution < -0.4 is 5.32 Å². The van der Waals surface area contributed by atoms with Gasteiger partial charge in [0, 0.05) is 49.8 Å². The van der Waals surface area contributed by atoms with Crippen LogP contribution in [0.1, 0.15) is 23.6 Å². The molecular formula is C46H31N5. The molecule has 5 heteroatoms. The number of amidine groups is 2. The average molecular weight is 654 g/mol. The predicted octanol–water partition coefficient (Wildman–Crippen LogP) is 10.6. The van der Waals surface area contributed by atoms with Crippen LogP contribution in [0, 0.1) is 0 Å². The normalized spacial score (nSPS) is 16.0. The van der Waals surface area contributed by atoms with E-state index in [2.05, 4.69) is 157 Å². The summed E-state index contributed by atoms with van der Waals surface area (Å²) in [7, 11) is 0. The van der Waals surface area contributed by atoms with E-state index in [-0.39, 0.29) is 0 Å². The number of fused-ring (bicyclic) bond motifs is 7. The van der Waals surface area contributed by atoms with Crippen molar-refractivity contribution in [2.75, 3.05) is 0 Å². The van der Waals surface area contributed by atoms with Crippen LogP contribution in [-0.4, -0.2) is 21.6 Å². The first-order chi connectivity index (χ1) is 25.1. The first kappa shape index (κ1) is 29.2. The van der Waals surface area contributed by atoms with Crippen LogP contribution in [0.3, 0.4) is 0 Å². The summed E-state index contributed by atoms with van der Waals surface area (Å²) in [4.78, 5) is 20.5. The molecule has 1 unspecified atom stereocenters. The van der Waals surface area contributed by atoms with Crippen molar-refractivity contribution in [3.8, 4) is 11.1 Å². The molecule has 3 heterocycles. The second kappa shape index (κ2) is 11.4. The van der Waals surface area contributed by atoms with Gasteiger partial charge in [0.2, 0.25) is 0 Å². The Kier molecular flexibility index (Phi) is 6.55. The van der Waals surface area contributed by atoms with E-state index in [1.54, 1.807) is 0 Å². The zero-order valence-corrected chi connectivity index (χ0v) is 27.9. The lowest BCUT2D eigenvalue weighted by molar-refractivity contribution is 0.455. The molecule has 10 rings (SSSR count). The molecule has 1 aliphatic heterocycles. The van der Waals surface area contributed by atoms with E-state index in [1.165, 1.54) is 10.8 Å². The molecule has 51 heavy (non-hydrogen) atoms. The van der Waals surface area contributed by atoms with Crippen molar-refractivity contribution in [3.05, 3.63) is 181 Å². The minimum atomic E-state index is -0.749. The van der Waals surface area contributed by atoms with Crippen molar-refractivity contribution < 1.29 is 0 Å². The summed E-state index contributed by atoms with van der Waals surface area (Å²) in [6, 6.07) is 55.2. The molecule has 0 spiro atoms. The van der Waals surface area contributed by atoms with Gasteiger partial charge in [0.05, 0.1) is 16.6 Å². The largest absolute Gasteiger partial charge is 0.342 e. The third kappa shape index (κ3) is 4.85. The zero-order chi connectivity index (χ0) is 33.9. The third-order valence-corrected chi connectivity index (χ3v) is 10.1. The first-order valence-corrected chi connectivity index (χ1v) is 17.2. The van der Waals surface area contributed by atoms with Crippen molar-refractivity contribution in [3.63, 3.8) is 0 Å². The Hall–Kier alpha value is -6.72. The minimum absolute atomic E-state index is 0.668. The lowest BCUT2D eigenvalue weighted by Gasteiger charge is -2.33. The van der Waals surface area contributed by atoms with Gasteiger partial charge in [-0.1, -0.05) is 127 Å². The molecule has 1 N–H and O–H groups in total. The number of rotatable bonds is 4. The number of hydrogen-bond acceptors (Lipinski definition) is 5. The first-order valence-electron chi connectivity index (χ1n) is 17.2. The number of pyridine rings is 2. The lowest BCUT2D eigenvalue weighted by Crippen LogP contribution is -2.46. The van der Waals surface area contributed by atoms with Gasteiger partial charge in [-0.05, 0) is 59.2 Å². The summed E-state index contributed by atoms with van der Waals surface area (Å²) in [5, 5.41) is 11.6. The van der Waals surface area contributed by atoms with Crippen LogP contribution in [0.2, 0.25) is 0 Å². The molecule has 0 saturated heterocycles. The van der Waals surface area contributed by atoms with Gasteiger partial charge in [0.25, 0.3) is 0 Å². The van der Waals surface area contributed by atoms with Gasteiger partial charge in [0.15, 0.2) is 11.5 Å². The van der Waals surface area contributed by atoms with Gasteiger partial charge in [-0.2, -0.15) is 0 Å². The molecular weight excluding hydrogens is 623 g/mol. The number of aromatic nitrogens is 2. The SMILES string of the molecule is CC1(c2ccccc2)N=C(c2cccc(-c3c4ccc5ccccc5c4nc4c3ccc3ccccc34)c2)N=C(c2ccc3ncccc3c2)N1. The van der Waals surface area contributed by atoms with Gasteiger partial charge in [-0.25, -0.2) is 15.0 Å². The van der Waals surface area contributed by atoms with E-state index in [0.29, 0.717) is 5.84 Å². The van der Waals surface area contributed by atoms with E-state index in [0.717, 1.165) is 77.1 Å². The number of hydrogen-bond donors (Lipinski definition) is 1. The van der Waals surface area contributed by atoms with Crippen molar-refractivity contribution >= 4 is 65.9 Å². The second-order valence-electron chi connectivity index (χ2n) is 13.3. The number of benzene rings is 7. The Balaban J connectivity index is 1.21. The van der Waals surface area contributed by atoms with Gasteiger partial charge in [-0.15, -0.1) is 0 Å². The van der Waals surface area contributed by atoms with Crippen LogP contribution in [0.15, 0.2) is 174 Å². The number of aliphatic imine (C=N–C) groups is 2. The Morgan fingerprint density at radius 2 is 1.18 bits per heavy atom. The van der Waals surface area contributed by atoms with Crippen LogP contribution in [-0.2, 0) is 5.66 Å². The Labute approximate surface area is 294 Å². The molecule has 1 aliphatic rings. The third-order valence-electron chi connectivity index (χ3n) is 10.1. The smallest absolute Gasteiger partial charge is 0.159 e. The van der Waals surface area contributed by atoms with Gasteiger partial charge >= 0.3 is 0 Å². The fourth-order valence-corrected chi connectivity index (χ4v) is 7.55. The Morgan fingerprint density at radius 3 is 1.92 bits per heavy atom. The molecule has 1 atom stereocenters. The monoisotopic (exact) mass is 653 g/mol. The zero-order valence-electron chi connectivity index (χ0n) is 27.9. The molecule has 0 fully saturated rings. The quantitative estimate of drug-likeness (QED) is 0.152. The Bertz CT molecular complexity index is 2820. The topological polar surface area (TPSA) is 62.5 Å². The number of nitrogens with one attached hydrogen (secondary N) is 1. The van der Waals surface area contributed by atoms with Crippen molar-refractivity contribution in [1.82, 2.24) is 15.3 Å². The summed E-state index contributed by atoms with van der Waals surface area (Å²) in [6.45, 7) is 2.11. The van der Waals surface area contributed by atoms with Crippen molar-refractivity contribution in [2.24, 2.45) is 9.98 Å². The fourth-order valence-electron chi connectivity index (χ4n) is 7.55. The number of nitrogens with zero attached hydrogens (tertiary/aromatic N) is 4. The van der Waals surface area contributed by atoms with Gasteiger partial charge in [0.1, 0.15) is 5.84 Å². The van der Waals surface area contributed by atoms with Crippen LogP contribution >= 0.6 is 0 Å². The van der Waals surface area contributed by atoms with Gasteiger partial charge in [-0.3, -0.25) is 4.98 Å². The van der Waals surface area contributed by atoms with Gasteiger partial charge < -0.3 is 5.32 Å². The van der Waals surface area contributed by atoms with E-state index in [1.807, 2.05) is 24.4 Å². The van der Waals surface area contributed by atoms with Crippen molar-refractivity contribution in [2.45, 2.75) is 12.6 Å². The molecule has 0 saturated carbocycles. The maximum Gasteiger partial charge on any atom is 0.159 e. The predicted molar refractivity (Wildman–Crippen MR) is 211 cm³/mol. The van der Waals surface area contributed by atoms with Crippen molar-refractivity contribution in [1.29, 1.82) is 0 Å². The molecule has 2 aromatic heterocycles. The summed E-state index contributed by atoms with van der Waals surface area (Å²) in [5.74, 6) is 1.43. The maximum atomic E-state index is 5.39. The maximum absolute atomic E-state index is 5.39. The van der Waals surface area contributed by atoms with E-state index >= 15 is 0 Å². The lowest BCUT2D eigenvalue weighted by atomic mass is 9.91. The second-order valence-corrected chi connectivity index (χ2v) is 13.3. The Morgan fingerprint density at radius 1 is 0.510 bits per heavy atom. The molecule has 240 valence electrons. The van der Waals surface area contributed by atoms with E-state index < -0.39 is 5.66 Å². The highest BCUT2D eigenvalue weighted by atomic mass is 15.2. The highest BCUT2D eigenvalue weighted by Gasteiger charge is 2.32. The van der Waals surface area contributed by atoms with E-state index in [4.69, 9.17) is 15.0 Å². The molecule has 0 aliphatic carbocycles. The fraction of sp³-hybridized carbons (Fsp3) is 0.0435.